The topological polar surface area (TPSA) is 54.3 Å². The molecule has 1 fully saturated rings. The molecule has 4 heteroatoms. The Morgan fingerprint density at radius 3 is 3.00 bits per heavy atom. The Balaban J connectivity index is 2.15. The minimum atomic E-state index is 0.389. The average Bonchev–Trinajstić information content (AvgIpc) is 2.41. The van der Waals surface area contributed by atoms with E-state index in [9.17, 15) is 0 Å². The van der Waals surface area contributed by atoms with Gasteiger partial charge in [0.1, 0.15) is 5.75 Å². The number of rotatable bonds is 3. The van der Waals surface area contributed by atoms with E-state index in [1.807, 2.05) is 6.07 Å². The highest BCUT2D eigenvalue weighted by atomic mass is 16.5. The third kappa shape index (κ3) is 2.74. The highest BCUT2D eigenvalue weighted by molar-refractivity contribution is 5.60. The van der Waals surface area contributed by atoms with Crippen LogP contribution < -0.4 is 10.1 Å². The van der Waals surface area contributed by atoms with Crippen molar-refractivity contribution in [3.8, 4) is 11.8 Å². The van der Waals surface area contributed by atoms with Gasteiger partial charge in [-0.2, -0.15) is 5.26 Å². The number of anilines is 1. The minimum Gasteiger partial charge on any atom is -0.495 e. The highest BCUT2D eigenvalue weighted by Gasteiger charge is 2.22. The predicted molar refractivity (Wildman–Crippen MR) is 69.7 cm³/mol. The first-order valence-electron chi connectivity index (χ1n) is 6.17. The van der Waals surface area contributed by atoms with E-state index in [1.165, 1.54) is 0 Å². The van der Waals surface area contributed by atoms with Gasteiger partial charge in [0, 0.05) is 18.7 Å². The summed E-state index contributed by atoms with van der Waals surface area (Å²) in [4.78, 5) is 0. The van der Waals surface area contributed by atoms with Gasteiger partial charge >= 0.3 is 0 Å². The van der Waals surface area contributed by atoms with Crippen LogP contribution in [0.5, 0.6) is 5.75 Å². The molecule has 0 radical (unpaired) electrons. The van der Waals surface area contributed by atoms with Gasteiger partial charge in [0.2, 0.25) is 0 Å². The lowest BCUT2D eigenvalue weighted by molar-refractivity contribution is 0.0537. The van der Waals surface area contributed by atoms with Crippen LogP contribution in [-0.2, 0) is 4.74 Å². The second-order valence-corrected chi connectivity index (χ2v) is 4.62. The largest absolute Gasteiger partial charge is 0.495 e. The summed E-state index contributed by atoms with van der Waals surface area (Å²) in [5.74, 6) is 1.19. The number of nitriles is 1. The fourth-order valence-corrected chi connectivity index (χ4v) is 2.17. The molecule has 1 aromatic rings. The molecule has 2 rings (SSSR count). The summed E-state index contributed by atoms with van der Waals surface area (Å²) >= 11 is 0. The quantitative estimate of drug-likeness (QED) is 0.889. The standard InChI is InChI=1S/C14H18N2O2/c1-10-9-18-6-5-12(10)16-13-4-3-11(8-15)7-14(13)17-2/h3-4,7,10,12,16H,5-6,9H2,1-2H3. The van der Waals surface area contributed by atoms with Gasteiger partial charge in [-0.25, -0.2) is 0 Å². The maximum absolute atomic E-state index is 8.87. The van der Waals surface area contributed by atoms with Crippen molar-refractivity contribution in [3.05, 3.63) is 23.8 Å². The third-order valence-electron chi connectivity index (χ3n) is 3.31. The smallest absolute Gasteiger partial charge is 0.143 e. The molecule has 1 aliphatic rings. The molecule has 2 unspecified atom stereocenters. The van der Waals surface area contributed by atoms with Crippen LogP contribution >= 0.6 is 0 Å². The van der Waals surface area contributed by atoms with Crippen LogP contribution in [0.2, 0.25) is 0 Å². The van der Waals surface area contributed by atoms with Crippen molar-refractivity contribution >= 4 is 5.69 Å². The van der Waals surface area contributed by atoms with Crippen LogP contribution in [0.4, 0.5) is 5.69 Å². The van der Waals surface area contributed by atoms with Gasteiger partial charge in [-0.1, -0.05) is 6.92 Å². The first-order valence-corrected chi connectivity index (χ1v) is 6.17. The van der Waals surface area contributed by atoms with Crippen LogP contribution in [-0.4, -0.2) is 26.4 Å². The van der Waals surface area contributed by atoms with E-state index >= 15 is 0 Å². The van der Waals surface area contributed by atoms with Crippen LogP contribution in [0.3, 0.4) is 0 Å². The Morgan fingerprint density at radius 2 is 2.33 bits per heavy atom. The maximum atomic E-state index is 8.87. The van der Waals surface area contributed by atoms with Crippen LogP contribution in [0, 0.1) is 17.2 Å². The Kier molecular flexibility index (Phi) is 4.06. The van der Waals surface area contributed by atoms with Gasteiger partial charge in [0.25, 0.3) is 0 Å². The van der Waals surface area contributed by atoms with Gasteiger partial charge in [-0.05, 0) is 24.5 Å². The Bertz CT molecular complexity index is 454. The fraction of sp³-hybridized carbons (Fsp3) is 0.500. The van der Waals surface area contributed by atoms with E-state index in [0.29, 0.717) is 23.3 Å². The Hall–Kier alpha value is -1.73. The molecular weight excluding hydrogens is 228 g/mol. The molecule has 0 amide bonds. The molecule has 0 saturated carbocycles. The zero-order valence-electron chi connectivity index (χ0n) is 10.8. The summed E-state index contributed by atoms with van der Waals surface area (Å²) in [6, 6.07) is 7.96. The van der Waals surface area contributed by atoms with E-state index in [1.54, 1.807) is 19.2 Å². The van der Waals surface area contributed by atoms with Crippen LogP contribution in [0.15, 0.2) is 18.2 Å². The molecule has 18 heavy (non-hydrogen) atoms. The van der Waals surface area contributed by atoms with Crippen molar-refractivity contribution in [3.63, 3.8) is 0 Å². The van der Waals surface area contributed by atoms with E-state index in [4.69, 9.17) is 14.7 Å². The number of nitrogens with one attached hydrogen (secondary N) is 1. The van der Waals surface area contributed by atoms with Gasteiger partial charge in [0.15, 0.2) is 0 Å². The lowest BCUT2D eigenvalue weighted by Crippen LogP contribution is -2.36. The molecule has 1 heterocycles. The highest BCUT2D eigenvalue weighted by Crippen LogP contribution is 2.28. The summed E-state index contributed by atoms with van der Waals surface area (Å²) in [7, 11) is 1.62. The Labute approximate surface area is 108 Å². The van der Waals surface area contributed by atoms with Crippen molar-refractivity contribution in [1.82, 2.24) is 0 Å². The lowest BCUT2D eigenvalue weighted by atomic mass is 9.97. The number of methoxy groups -OCH3 is 1. The van der Waals surface area contributed by atoms with Gasteiger partial charge in [0.05, 0.1) is 31.0 Å². The van der Waals surface area contributed by atoms with E-state index in [2.05, 4.69) is 18.3 Å². The van der Waals surface area contributed by atoms with Gasteiger partial charge in [-0.15, -0.1) is 0 Å². The van der Waals surface area contributed by atoms with Crippen molar-refractivity contribution in [2.75, 3.05) is 25.6 Å². The normalized spacial score (nSPS) is 23.2. The second-order valence-electron chi connectivity index (χ2n) is 4.62. The molecule has 1 saturated heterocycles. The van der Waals surface area contributed by atoms with E-state index in [0.717, 1.165) is 25.3 Å². The molecule has 1 aliphatic heterocycles. The van der Waals surface area contributed by atoms with Gasteiger partial charge < -0.3 is 14.8 Å². The van der Waals surface area contributed by atoms with E-state index < -0.39 is 0 Å². The molecular formula is C14H18N2O2. The lowest BCUT2D eigenvalue weighted by Gasteiger charge is -2.30. The fourth-order valence-electron chi connectivity index (χ4n) is 2.17. The molecule has 0 spiro atoms. The van der Waals surface area contributed by atoms with Crippen molar-refractivity contribution in [2.24, 2.45) is 5.92 Å². The zero-order valence-corrected chi connectivity index (χ0v) is 10.8. The maximum Gasteiger partial charge on any atom is 0.143 e. The summed E-state index contributed by atoms with van der Waals surface area (Å²) in [6.45, 7) is 3.75. The monoisotopic (exact) mass is 246 g/mol. The number of hydrogen-bond acceptors (Lipinski definition) is 4. The summed E-state index contributed by atoms with van der Waals surface area (Å²) < 4.78 is 10.7. The molecule has 0 aliphatic carbocycles. The Morgan fingerprint density at radius 1 is 1.50 bits per heavy atom. The van der Waals surface area contributed by atoms with Crippen LogP contribution in [0.25, 0.3) is 0 Å². The zero-order chi connectivity index (χ0) is 13.0. The first kappa shape index (κ1) is 12.7. The third-order valence-corrected chi connectivity index (χ3v) is 3.31. The number of ether oxygens (including phenoxy) is 2. The molecule has 96 valence electrons. The average molecular weight is 246 g/mol. The summed E-state index contributed by atoms with van der Waals surface area (Å²) in [5, 5.41) is 12.4. The van der Waals surface area contributed by atoms with Crippen molar-refractivity contribution in [1.29, 1.82) is 5.26 Å². The number of hydrogen-bond donors (Lipinski definition) is 1. The molecule has 1 aromatic carbocycles. The predicted octanol–water partition coefficient (Wildman–Crippen LogP) is 2.40. The molecule has 0 aromatic heterocycles. The first-order chi connectivity index (χ1) is 8.74. The van der Waals surface area contributed by atoms with Gasteiger partial charge in [-0.3, -0.25) is 0 Å². The summed E-state index contributed by atoms with van der Waals surface area (Å²) in [6.07, 6.45) is 0.990. The van der Waals surface area contributed by atoms with E-state index in [-0.39, 0.29) is 0 Å². The molecule has 4 nitrogen and oxygen atoms in total. The second kappa shape index (κ2) is 5.74. The number of benzene rings is 1. The number of nitrogens with zero attached hydrogens (tertiary/aromatic N) is 1. The van der Waals surface area contributed by atoms with Crippen LogP contribution in [0.1, 0.15) is 18.9 Å². The minimum absolute atomic E-state index is 0.389. The SMILES string of the molecule is COc1cc(C#N)ccc1NC1CCOCC1C. The molecule has 1 N–H and O–H groups in total. The molecule has 2 atom stereocenters. The summed E-state index contributed by atoms with van der Waals surface area (Å²) in [5.41, 5.74) is 1.55. The van der Waals surface area contributed by atoms with Crippen molar-refractivity contribution < 1.29 is 9.47 Å². The van der Waals surface area contributed by atoms with Crippen molar-refractivity contribution in [2.45, 2.75) is 19.4 Å². The molecule has 0 bridgehead atoms.